The van der Waals surface area contributed by atoms with Crippen LogP contribution in [0.1, 0.15) is 50.1 Å². The minimum absolute atomic E-state index is 0.0475. The molecule has 1 N–H and O–H groups in total. The van der Waals surface area contributed by atoms with Gasteiger partial charge in [-0.1, -0.05) is 5.21 Å². The number of carbonyl (C=O) groups excluding carboxylic acids is 5. The van der Waals surface area contributed by atoms with Crippen molar-refractivity contribution in [3.8, 4) is 0 Å². The Balaban J connectivity index is 1.89. The van der Waals surface area contributed by atoms with Crippen LogP contribution in [0.3, 0.4) is 0 Å². The molecule has 3 rings (SSSR count). The topological polar surface area (TPSA) is 200 Å². The summed E-state index contributed by atoms with van der Waals surface area (Å²) >= 11 is 0. The van der Waals surface area contributed by atoms with E-state index >= 15 is 0 Å². The molecular formula is C22H26N6O10. The average molecular weight is 534 g/mol. The first-order valence-electron chi connectivity index (χ1n) is 11.3. The molecule has 2 aromatic heterocycles. The number of nitrogens with one attached hydrogen (secondary N) is 1. The van der Waals surface area contributed by atoms with Crippen molar-refractivity contribution < 1.29 is 47.7 Å². The highest BCUT2D eigenvalue weighted by atomic mass is 16.7. The van der Waals surface area contributed by atoms with Crippen molar-refractivity contribution in [2.24, 2.45) is 0 Å². The van der Waals surface area contributed by atoms with Crippen LogP contribution < -0.4 is 5.32 Å². The molecule has 0 unspecified atom stereocenters. The molecule has 204 valence electrons. The van der Waals surface area contributed by atoms with Gasteiger partial charge in [-0.15, -0.1) is 5.10 Å². The van der Waals surface area contributed by atoms with Crippen molar-refractivity contribution in [1.29, 1.82) is 0 Å². The van der Waals surface area contributed by atoms with E-state index in [0.717, 1.165) is 20.8 Å². The normalized spacial score (nSPS) is 22.6. The molecule has 3 heterocycles. The number of rotatable bonds is 9. The SMILES string of the molecule is CC(=O)OC[C@H]1O[C@@H](n2cc(CNC(=O)c3ccncn3)nn2)[C@H](OC(C)=O)[C@@H](OC(C)=O)[C@@H]1OC(C)=O. The molecule has 16 nitrogen and oxygen atoms in total. The van der Waals surface area contributed by atoms with Crippen molar-refractivity contribution in [3.63, 3.8) is 0 Å². The van der Waals surface area contributed by atoms with E-state index in [-0.39, 0.29) is 18.8 Å². The van der Waals surface area contributed by atoms with Gasteiger partial charge in [-0.3, -0.25) is 24.0 Å². The second kappa shape index (κ2) is 12.7. The second-order valence-corrected chi connectivity index (χ2v) is 8.06. The predicted octanol–water partition coefficient (Wildman–Crippen LogP) is -0.746. The average Bonchev–Trinajstić information content (AvgIpc) is 3.32. The van der Waals surface area contributed by atoms with Gasteiger partial charge in [-0.05, 0) is 6.07 Å². The van der Waals surface area contributed by atoms with Gasteiger partial charge in [0, 0.05) is 33.9 Å². The fraction of sp³-hybridized carbons (Fsp3) is 0.500. The standard InChI is InChI=1S/C22H26N6O10/c1-11(29)34-9-17-18(35-12(2)30)19(36-13(3)31)20(37-14(4)32)22(38-17)28-8-15(26-27-28)7-24-21(33)16-5-6-23-10-25-16/h5-6,8,10,17-20,22H,7,9H2,1-4H3,(H,24,33)/t17-,18-,19+,20-,22-/m1/s1. The molecule has 2 aromatic rings. The van der Waals surface area contributed by atoms with Gasteiger partial charge >= 0.3 is 23.9 Å². The lowest BCUT2D eigenvalue weighted by Crippen LogP contribution is -2.60. The Hall–Kier alpha value is -4.47. The number of carbonyl (C=O) groups is 5. The zero-order valence-corrected chi connectivity index (χ0v) is 20.9. The van der Waals surface area contributed by atoms with Crippen LogP contribution in [-0.2, 0) is 49.4 Å². The largest absolute Gasteiger partial charge is 0.463 e. The quantitative estimate of drug-likeness (QED) is 0.311. The van der Waals surface area contributed by atoms with Gasteiger partial charge in [0.15, 0.2) is 24.5 Å². The predicted molar refractivity (Wildman–Crippen MR) is 120 cm³/mol. The molecule has 0 aliphatic carbocycles. The molecule has 1 fully saturated rings. The number of esters is 4. The van der Waals surface area contributed by atoms with Crippen LogP contribution >= 0.6 is 0 Å². The first-order chi connectivity index (χ1) is 18.0. The van der Waals surface area contributed by atoms with Gasteiger partial charge in [0.2, 0.25) is 0 Å². The third-order valence-corrected chi connectivity index (χ3v) is 5.03. The summed E-state index contributed by atoms with van der Waals surface area (Å²) in [6.45, 7) is 4.11. The first kappa shape index (κ1) is 28.1. The summed E-state index contributed by atoms with van der Waals surface area (Å²) in [6.07, 6.45) is -2.35. The molecule has 1 amide bonds. The van der Waals surface area contributed by atoms with E-state index in [1.807, 2.05) is 0 Å². The number of aromatic nitrogens is 5. The number of hydrogen-bond acceptors (Lipinski definition) is 14. The highest BCUT2D eigenvalue weighted by Gasteiger charge is 2.53. The fourth-order valence-electron chi connectivity index (χ4n) is 3.62. The molecule has 5 atom stereocenters. The Morgan fingerprint density at radius 2 is 1.61 bits per heavy atom. The number of nitrogens with zero attached hydrogens (tertiary/aromatic N) is 5. The molecule has 1 aliphatic heterocycles. The molecule has 0 aromatic carbocycles. The zero-order chi connectivity index (χ0) is 27.8. The lowest BCUT2D eigenvalue weighted by atomic mass is 9.97. The third-order valence-electron chi connectivity index (χ3n) is 5.03. The molecule has 38 heavy (non-hydrogen) atoms. The summed E-state index contributed by atoms with van der Waals surface area (Å²) < 4.78 is 28.4. The first-order valence-corrected chi connectivity index (χ1v) is 11.3. The molecule has 0 spiro atoms. The van der Waals surface area contributed by atoms with E-state index in [2.05, 4.69) is 25.6 Å². The van der Waals surface area contributed by atoms with Gasteiger partial charge in [0.25, 0.3) is 5.91 Å². The lowest BCUT2D eigenvalue weighted by Gasteiger charge is -2.44. The number of ether oxygens (including phenoxy) is 5. The number of amides is 1. The summed E-state index contributed by atoms with van der Waals surface area (Å²) in [7, 11) is 0. The van der Waals surface area contributed by atoms with Gasteiger partial charge in [-0.25, -0.2) is 14.6 Å². The summed E-state index contributed by atoms with van der Waals surface area (Å²) in [4.78, 5) is 67.1. The molecule has 1 aliphatic rings. The summed E-state index contributed by atoms with van der Waals surface area (Å²) in [5.41, 5.74) is 0.437. The Labute approximate surface area is 215 Å². The van der Waals surface area contributed by atoms with E-state index in [1.54, 1.807) is 0 Å². The second-order valence-electron chi connectivity index (χ2n) is 8.06. The van der Waals surface area contributed by atoms with E-state index < -0.39 is 60.4 Å². The number of hydrogen-bond donors (Lipinski definition) is 1. The zero-order valence-electron chi connectivity index (χ0n) is 20.9. The van der Waals surface area contributed by atoms with Crippen LogP contribution in [-0.4, -0.2) is 85.8 Å². The molecule has 1 saturated heterocycles. The Kier molecular flexibility index (Phi) is 9.37. The molecule has 16 heteroatoms. The maximum absolute atomic E-state index is 12.3. The van der Waals surface area contributed by atoms with Crippen LogP contribution in [0.15, 0.2) is 24.8 Å². The van der Waals surface area contributed by atoms with E-state index in [1.165, 1.54) is 36.4 Å². The fourth-order valence-corrected chi connectivity index (χ4v) is 3.62. The summed E-state index contributed by atoms with van der Waals surface area (Å²) in [6, 6.07) is 1.43. The van der Waals surface area contributed by atoms with Crippen LogP contribution in [0.25, 0.3) is 0 Å². The van der Waals surface area contributed by atoms with Crippen molar-refractivity contribution in [2.75, 3.05) is 6.61 Å². The molecule has 0 saturated carbocycles. The van der Waals surface area contributed by atoms with Gasteiger partial charge in [0.05, 0.1) is 12.7 Å². The van der Waals surface area contributed by atoms with Gasteiger partial charge in [0.1, 0.15) is 30.4 Å². The molecular weight excluding hydrogens is 508 g/mol. The van der Waals surface area contributed by atoms with Gasteiger partial charge in [-0.2, -0.15) is 0 Å². The van der Waals surface area contributed by atoms with Gasteiger partial charge < -0.3 is 29.0 Å². The van der Waals surface area contributed by atoms with E-state index in [4.69, 9.17) is 23.7 Å². The minimum Gasteiger partial charge on any atom is -0.463 e. The van der Waals surface area contributed by atoms with Crippen molar-refractivity contribution in [1.82, 2.24) is 30.3 Å². The highest BCUT2D eigenvalue weighted by Crippen LogP contribution is 2.34. The maximum Gasteiger partial charge on any atom is 0.303 e. The summed E-state index contributed by atoms with van der Waals surface area (Å²) in [5.74, 6) is -3.37. The molecule has 0 bridgehead atoms. The van der Waals surface area contributed by atoms with Crippen LogP contribution in [0, 0.1) is 0 Å². The third kappa shape index (κ3) is 7.52. The maximum atomic E-state index is 12.3. The van der Waals surface area contributed by atoms with Crippen LogP contribution in [0.5, 0.6) is 0 Å². The van der Waals surface area contributed by atoms with E-state index in [0.29, 0.717) is 5.69 Å². The Morgan fingerprint density at radius 1 is 0.947 bits per heavy atom. The van der Waals surface area contributed by atoms with Crippen molar-refractivity contribution in [3.05, 3.63) is 36.2 Å². The summed E-state index contributed by atoms with van der Waals surface area (Å²) in [5, 5.41) is 10.6. The monoisotopic (exact) mass is 534 g/mol. The van der Waals surface area contributed by atoms with Crippen molar-refractivity contribution in [2.45, 2.75) is 64.9 Å². The van der Waals surface area contributed by atoms with Crippen LogP contribution in [0.2, 0.25) is 0 Å². The lowest BCUT2D eigenvalue weighted by molar-refractivity contribution is -0.270. The van der Waals surface area contributed by atoms with Crippen LogP contribution in [0.4, 0.5) is 0 Å². The molecule has 0 radical (unpaired) electrons. The van der Waals surface area contributed by atoms with E-state index in [9.17, 15) is 24.0 Å². The highest BCUT2D eigenvalue weighted by molar-refractivity contribution is 5.91. The minimum atomic E-state index is -1.36. The smallest absolute Gasteiger partial charge is 0.303 e. The Morgan fingerprint density at radius 3 is 2.21 bits per heavy atom. The Bertz CT molecular complexity index is 1170. The van der Waals surface area contributed by atoms with Crippen molar-refractivity contribution >= 4 is 29.8 Å².